The Morgan fingerprint density at radius 1 is 1.25 bits per heavy atom. The highest BCUT2D eigenvalue weighted by molar-refractivity contribution is 5.93. The quantitative estimate of drug-likeness (QED) is 0.922. The molecule has 1 aromatic carbocycles. The second-order valence-corrected chi connectivity index (χ2v) is 5.16. The van der Waals surface area contributed by atoms with Gasteiger partial charge in [0.05, 0.1) is 0 Å². The molecule has 1 fully saturated rings. The summed E-state index contributed by atoms with van der Waals surface area (Å²) in [4.78, 5) is 24.8. The zero-order chi connectivity index (χ0) is 14.5. The molecule has 0 saturated heterocycles. The zero-order valence-corrected chi connectivity index (χ0v) is 11.7. The average Bonchev–Trinajstić information content (AvgIpc) is 2.47. The van der Waals surface area contributed by atoms with Crippen molar-refractivity contribution in [1.82, 2.24) is 4.90 Å². The number of nitrogens with zero attached hydrogens (tertiary/aromatic N) is 1. The molecule has 0 heterocycles. The maximum atomic E-state index is 12.1. The number of amides is 2. The summed E-state index contributed by atoms with van der Waals surface area (Å²) < 4.78 is 5.30. The van der Waals surface area contributed by atoms with E-state index in [1.807, 2.05) is 0 Å². The van der Waals surface area contributed by atoms with E-state index in [9.17, 15) is 9.59 Å². The fraction of sp³-hybridized carbons (Fsp3) is 0.467. The fourth-order valence-corrected chi connectivity index (χ4v) is 2.50. The molecule has 0 unspecified atom stereocenters. The second-order valence-electron chi connectivity index (χ2n) is 5.16. The SMILES string of the molecule is CN(C(=O)Oc1cccc(C(N)=O)c1)C1CCCCC1. The van der Waals surface area contributed by atoms with Crippen LogP contribution in [0.1, 0.15) is 42.5 Å². The van der Waals surface area contributed by atoms with Crippen molar-refractivity contribution >= 4 is 12.0 Å². The number of primary amides is 1. The lowest BCUT2D eigenvalue weighted by atomic mass is 9.95. The van der Waals surface area contributed by atoms with Crippen LogP contribution in [0.25, 0.3) is 0 Å². The predicted octanol–water partition coefficient (Wildman–Crippen LogP) is 2.55. The Morgan fingerprint density at radius 2 is 1.95 bits per heavy atom. The van der Waals surface area contributed by atoms with Crippen molar-refractivity contribution in [1.29, 1.82) is 0 Å². The highest BCUT2D eigenvalue weighted by Crippen LogP contribution is 2.22. The van der Waals surface area contributed by atoms with Crippen LogP contribution < -0.4 is 10.5 Å². The van der Waals surface area contributed by atoms with E-state index in [1.54, 1.807) is 30.1 Å². The van der Waals surface area contributed by atoms with E-state index in [-0.39, 0.29) is 6.04 Å². The monoisotopic (exact) mass is 276 g/mol. The topological polar surface area (TPSA) is 72.6 Å². The normalized spacial score (nSPS) is 15.7. The number of carbonyl (C=O) groups excluding carboxylic acids is 2. The van der Waals surface area contributed by atoms with Crippen molar-refractivity contribution in [2.45, 2.75) is 38.1 Å². The molecule has 1 saturated carbocycles. The van der Waals surface area contributed by atoms with Gasteiger partial charge in [0, 0.05) is 18.7 Å². The highest BCUT2D eigenvalue weighted by Gasteiger charge is 2.23. The first-order valence-electron chi connectivity index (χ1n) is 6.92. The standard InChI is InChI=1S/C15H20N2O3/c1-17(12-7-3-2-4-8-12)15(19)20-13-9-5-6-11(10-13)14(16)18/h5-6,9-10,12H,2-4,7-8H2,1H3,(H2,16,18). The molecule has 2 N–H and O–H groups in total. The van der Waals surface area contributed by atoms with Crippen LogP contribution in [-0.2, 0) is 0 Å². The molecule has 1 aliphatic carbocycles. The number of hydrogen-bond donors (Lipinski definition) is 1. The minimum absolute atomic E-state index is 0.246. The Kier molecular flexibility index (Phi) is 4.61. The molecule has 5 heteroatoms. The lowest BCUT2D eigenvalue weighted by Gasteiger charge is -2.30. The molecular formula is C15H20N2O3. The Balaban J connectivity index is 1.99. The van der Waals surface area contributed by atoms with Crippen LogP contribution in [0.5, 0.6) is 5.75 Å². The summed E-state index contributed by atoms with van der Waals surface area (Å²) in [5.74, 6) is -0.197. The van der Waals surface area contributed by atoms with Gasteiger partial charge in [-0.3, -0.25) is 4.79 Å². The van der Waals surface area contributed by atoms with Gasteiger partial charge in [-0.25, -0.2) is 4.79 Å². The Labute approximate surface area is 118 Å². The van der Waals surface area contributed by atoms with Crippen molar-refractivity contribution in [3.63, 3.8) is 0 Å². The maximum Gasteiger partial charge on any atom is 0.415 e. The summed E-state index contributed by atoms with van der Waals surface area (Å²) in [7, 11) is 1.76. The molecule has 2 amide bonds. The fourth-order valence-electron chi connectivity index (χ4n) is 2.50. The van der Waals surface area contributed by atoms with Gasteiger partial charge in [0.25, 0.3) is 0 Å². The zero-order valence-electron chi connectivity index (χ0n) is 11.7. The molecule has 1 aromatic rings. The van der Waals surface area contributed by atoms with Gasteiger partial charge in [-0.2, -0.15) is 0 Å². The highest BCUT2D eigenvalue weighted by atomic mass is 16.6. The van der Waals surface area contributed by atoms with Crippen molar-refractivity contribution in [3.05, 3.63) is 29.8 Å². The summed E-state index contributed by atoms with van der Waals surface area (Å²) in [6, 6.07) is 6.59. The third kappa shape index (κ3) is 3.50. The van der Waals surface area contributed by atoms with E-state index in [1.165, 1.54) is 12.5 Å². The van der Waals surface area contributed by atoms with Crippen molar-refractivity contribution in [2.24, 2.45) is 5.73 Å². The smallest absolute Gasteiger partial charge is 0.410 e. The number of hydrogen-bond acceptors (Lipinski definition) is 3. The van der Waals surface area contributed by atoms with Crippen LogP contribution in [-0.4, -0.2) is 30.0 Å². The molecule has 0 bridgehead atoms. The van der Waals surface area contributed by atoms with Crippen LogP contribution in [0, 0.1) is 0 Å². The molecule has 108 valence electrons. The van der Waals surface area contributed by atoms with Crippen LogP contribution in [0.4, 0.5) is 4.79 Å². The first-order chi connectivity index (χ1) is 9.58. The summed E-state index contributed by atoms with van der Waals surface area (Å²) in [5, 5.41) is 0. The Hall–Kier alpha value is -2.04. The molecule has 0 radical (unpaired) electrons. The molecule has 1 aliphatic rings. The van der Waals surface area contributed by atoms with E-state index in [4.69, 9.17) is 10.5 Å². The molecule has 20 heavy (non-hydrogen) atoms. The van der Waals surface area contributed by atoms with Gasteiger partial charge in [0.15, 0.2) is 0 Å². The molecule has 0 aromatic heterocycles. The summed E-state index contributed by atoms with van der Waals surface area (Å²) in [6.07, 6.45) is 5.19. The molecule has 2 rings (SSSR count). The Morgan fingerprint density at radius 3 is 2.60 bits per heavy atom. The summed E-state index contributed by atoms with van der Waals surface area (Å²) in [5.41, 5.74) is 5.53. The maximum absolute atomic E-state index is 12.1. The van der Waals surface area contributed by atoms with Crippen molar-refractivity contribution in [2.75, 3.05) is 7.05 Å². The molecule has 5 nitrogen and oxygen atoms in total. The van der Waals surface area contributed by atoms with Crippen LogP contribution in [0.3, 0.4) is 0 Å². The van der Waals surface area contributed by atoms with E-state index in [0.29, 0.717) is 11.3 Å². The van der Waals surface area contributed by atoms with E-state index in [0.717, 1.165) is 25.7 Å². The van der Waals surface area contributed by atoms with Gasteiger partial charge in [-0.1, -0.05) is 25.3 Å². The largest absolute Gasteiger partial charge is 0.415 e. The van der Waals surface area contributed by atoms with Gasteiger partial charge in [-0.15, -0.1) is 0 Å². The molecule has 0 aliphatic heterocycles. The van der Waals surface area contributed by atoms with Crippen LogP contribution in [0.15, 0.2) is 24.3 Å². The van der Waals surface area contributed by atoms with Crippen molar-refractivity contribution in [3.8, 4) is 5.75 Å². The molecular weight excluding hydrogens is 256 g/mol. The van der Waals surface area contributed by atoms with E-state index >= 15 is 0 Å². The number of carbonyl (C=O) groups is 2. The number of nitrogens with two attached hydrogens (primary N) is 1. The minimum atomic E-state index is -0.538. The lowest BCUT2D eigenvalue weighted by molar-refractivity contribution is 0.0999. The van der Waals surface area contributed by atoms with Gasteiger partial charge >= 0.3 is 6.09 Å². The number of benzene rings is 1. The first kappa shape index (κ1) is 14.4. The van der Waals surface area contributed by atoms with Gasteiger partial charge in [0.2, 0.25) is 5.91 Å². The first-order valence-corrected chi connectivity index (χ1v) is 6.92. The minimum Gasteiger partial charge on any atom is -0.410 e. The Bertz CT molecular complexity index is 496. The van der Waals surface area contributed by atoms with E-state index in [2.05, 4.69) is 0 Å². The molecule has 0 spiro atoms. The van der Waals surface area contributed by atoms with Gasteiger partial charge in [-0.05, 0) is 31.0 Å². The van der Waals surface area contributed by atoms with Crippen molar-refractivity contribution < 1.29 is 14.3 Å². The number of ether oxygens (including phenoxy) is 1. The third-order valence-corrected chi connectivity index (χ3v) is 3.73. The van der Waals surface area contributed by atoms with Crippen LogP contribution >= 0.6 is 0 Å². The third-order valence-electron chi connectivity index (χ3n) is 3.73. The average molecular weight is 276 g/mol. The van der Waals surface area contributed by atoms with Gasteiger partial charge in [0.1, 0.15) is 5.75 Å². The van der Waals surface area contributed by atoms with Gasteiger partial charge < -0.3 is 15.4 Å². The summed E-state index contributed by atoms with van der Waals surface area (Å²) >= 11 is 0. The number of rotatable bonds is 3. The molecule has 0 atom stereocenters. The van der Waals surface area contributed by atoms with Crippen LogP contribution in [0.2, 0.25) is 0 Å². The second kappa shape index (κ2) is 6.41. The lowest BCUT2D eigenvalue weighted by Crippen LogP contribution is -2.40. The van der Waals surface area contributed by atoms with E-state index < -0.39 is 12.0 Å². The predicted molar refractivity (Wildman–Crippen MR) is 75.6 cm³/mol. The summed E-state index contributed by atoms with van der Waals surface area (Å²) in [6.45, 7) is 0.